The van der Waals surface area contributed by atoms with Crippen LogP contribution in [-0.4, -0.2) is 52.8 Å². The van der Waals surface area contributed by atoms with Crippen LogP contribution in [0.25, 0.3) is 0 Å². The minimum atomic E-state index is -0.846. The van der Waals surface area contributed by atoms with Crippen LogP contribution in [0.15, 0.2) is 42.0 Å². The summed E-state index contributed by atoms with van der Waals surface area (Å²) in [6.45, 7) is 2.01. The highest BCUT2D eigenvalue weighted by Gasteiger charge is 2.51. The molecule has 2 amide bonds. The highest BCUT2D eigenvalue weighted by atomic mass is 19.1. The Kier molecular flexibility index (Phi) is 5.97. The number of halogens is 1. The number of carbonyl (C=O) groups excluding carboxylic acids is 2. The van der Waals surface area contributed by atoms with Crippen molar-refractivity contribution in [3.8, 4) is 0 Å². The van der Waals surface area contributed by atoms with E-state index in [4.69, 9.17) is 0 Å². The SMILES string of the molecule is O=C(NC1(C(=O)NCC2CCN(c3cccc(F)c3C3=NNNN3)CC2)CC1)c1cncnc1. The molecule has 34 heavy (non-hydrogen) atoms. The van der Waals surface area contributed by atoms with E-state index in [1.54, 1.807) is 6.07 Å². The first-order valence-corrected chi connectivity index (χ1v) is 11.3. The van der Waals surface area contributed by atoms with Gasteiger partial charge in [-0.15, -0.1) is 10.6 Å². The Morgan fingerprint density at radius 1 is 1.18 bits per heavy atom. The topological polar surface area (TPSA) is 136 Å². The van der Waals surface area contributed by atoms with Gasteiger partial charge in [-0.1, -0.05) is 6.07 Å². The van der Waals surface area contributed by atoms with Crippen molar-refractivity contribution in [2.24, 2.45) is 11.0 Å². The summed E-state index contributed by atoms with van der Waals surface area (Å²) in [6.07, 6.45) is 7.14. The molecule has 178 valence electrons. The quantitative estimate of drug-likeness (QED) is 0.389. The van der Waals surface area contributed by atoms with Crippen molar-refractivity contribution in [3.05, 3.63) is 53.9 Å². The highest BCUT2D eigenvalue weighted by molar-refractivity contribution is 6.04. The van der Waals surface area contributed by atoms with Crippen molar-refractivity contribution in [2.75, 3.05) is 24.5 Å². The number of carbonyl (C=O) groups is 2. The molecule has 3 aliphatic rings. The standard InChI is InChI=1S/C22H26FN9O2/c23-16-2-1-3-17(18(16)19-28-30-31-29-19)32-8-4-14(5-9-32)10-26-21(34)22(6-7-22)27-20(33)15-11-24-13-25-12-15/h1-3,11-14,30-31H,4-10H2,(H,26,34)(H,27,33)(H,28,29). The van der Waals surface area contributed by atoms with E-state index in [0.717, 1.165) is 31.6 Å². The normalized spacial score (nSPS) is 19.0. The molecule has 1 saturated carbocycles. The van der Waals surface area contributed by atoms with Crippen molar-refractivity contribution in [3.63, 3.8) is 0 Å². The minimum absolute atomic E-state index is 0.155. The molecule has 11 nitrogen and oxygen atoms in total. The summed E-state index contributed by atoms with van der Waals surface area (Å²) in [4.78, 5) is 35.0. The van der Waals surface area contributed by atoms with Crippen molar-refractivity contribution < 1.29 is 14.0 Å². The summed E-state index contributed by atoms with van der Waals surface area (Å²) < 4.78 is 14.6. The first kappa shape index (κ1) is 22.0. The van der Waals surface area contributed by atoms with Gasteiger partial charge in [0.05, 0.1) is 16.8 Å². The monoisotopic (exact) mass is 467 g/mol. The number of hydrogen-bond acceptors (Lipinski definition) is 9. The first-order chi connectivity index (χ1) is 16.6. The molecule has 0 bridgehead atoms. The van der Waals surface area contributed by atoms with Gasteiger partial charge in [0, 0.05) is 32.0 Å². The third-order valence-electron chi connectivity index (χ3n) is 6.50. The zero-order valence-electron chi connectivity index (χ0n) is 18.5. The van der Waals surface area contributed by atoms with Gasteiger partial charge in [-0.05, 0) is 43.7 Å². The van der Waals surface area contributed by atoms with E-state index < -0.39 is 5.54 Å². The number of nitrogens with zero attached hydrogens (tertiary/aromatic N) is 4. The first-order valence-electron chi connectivity index (χ1n) is 11.3. The zero-order valence-corrected chi connectivity index (χ0v) is 18.5. The Balaban J connectivity index is 1.14. The van der Waals surface area contributed by atoms with Gasteiger partial charge in [0.2, 0.25) is 5.91 Å². The molecule has 0 radical (unpaired) electrons. The number of amidine groups is 1. The Morgan fingerprint density at radius 3 is 2.62 bits per heavy atom. The lowest BCUT2D eigenvalue weighted by Gasteiger charge is -2.35. The molecule has 5 N–H and O–H groups in total. The summed E-state index contributed by atoms with van der Waals surface area (Å²) in [5.41, 5.74) is 8.71. The van der Waals surface area contributed by atoms with Crippen LogP contribution in [0.4, 0.5) is 10.1 Å². The molecule has 12 heteroatoms. The Labute approximate surface area is 195 Å². The molecular formula is C22H26FN9O2. The molecule has 1 saturated heterocycles. The van der Waals surface area contributed by atoms with Crippen LogP contribution in [0.5, 0.6) is 0 Å². The lowest BCUT2D eigenvalue weighted by molar-refractivity contribution is -0.124. The summed E-state index contributed by atoms with van der Waals surface area (Å²) >= 11 is 0. The Hall–Kier alpha value is -3.80. The third-order valence-corrected chi connectivity index (χ3v) is 6.50. The fourth-order valence-electron chi connectivity index (χ4n) is 4.35. The van der Waals surface area contributed by atoms with E-state index in [1.807, 2.05) is 6.07 Å². The summed E-state index contributed by atoms with van der Waals surface area (Å²) in [6, 6.07) is 5.00. The van der Waals surface area contributed by atoms with Gasteiger partial charge in [-0.25, -0.2) is 19.9 Å². The maximum absolute atomic E-state index is 14.6. The summed E-state index contributed by atoms with van der Waals surface area (Å²) in [5, 5.41) is 9.91. The molecule has 1 aliphatic carbocycles. The Morgan fingerprint density at radius 2 is 1.94 bits per heavy atom. The highest BCUT2D eigenvalue weighted by Crippen LogP contribution is 2.36. The molecule has 1 aromatic heterocycles. The van der Waals surface area contributed by atoms with Crippen LogP contribution in [0.2, 0.25) is 0 Å². The molecule has 0 atom stereocenters. The molecule has 3 heterocycles. The second-order valence-corrected chi connectivity index (χ2v) is 8.76. The number of hydrogen-bond donors (Lipinski definition) is 5. The average Bonchev–Trinajstić information content (AvgIpc) is 3.45. The Bertz CT molecular complexity index is 1100. The van der Waals surface area contributed by atoms with Crippen LogP contribution >= 0.6 is 0 Å². The maximum Gasteiger partial charge on any atom is 0.255 e. The molecule has 0 spiro atoms. The second kappa shape index (κ2) is 9.21. The largest absolute Gasteiger partial charge is 0.371 e. The molecular weight excluding hydrogens is 441 g/mol. The maximum atomic E-state index is 14.6. The van der Waals surface area contributed by atoms with Crippen molar-refractivity contribution in [2.45, 2.75) is 31.2 Å². The summed E-state index contributed by atoms with van der Waals surface area (Å²) in [5.74, 6) is -0.141. The van der Waals surface area contributed by atoms with E-state index >= 15 is 0 Å². The average molecular weight is 468 g/mol. The smallest absolute Gasteiger partial charge is 0.255 e. The third kappa shape index (κ3) is 4.49. The molecule has 5 rings (SSSR count). The lowest BCUT2D eigenvalue weighted by atomic mass is 9.95. The van der Waals surface area contributed by atoms with Gasteiger partial charge in [0.25, 0.3) is 5.91 Å². The number of nitrogens with one attached hydrogen (secondary N) is 5. The molecule has 0 unspecified atom stereocenters. The van der Waals surface area contributed by atoms with Gasteiger partial charge < -0.3 is 15.5 Å². The molecule has 2 aliphatic heterocycles. The molecule has 2 aromatic rings. The van der Waals surface area contributed by atoms with Crippen LogP contribution in [0.1, 0.15) is 41.6 Å². The molecule has 2 fully saturated rings. The van der Waals surface area contributed by atoms with Gasteiger partial charge in [-0.2, -0.15) is 0 Å². The van der Waals surface area contributed by atoms with Crippen LogP contribution in [-0.2, 0) is 4.79 Å². The number of hydrazone groups is 1. The van der Waals surface area contributed by atoms with E-state index in [0.29, 0.717) is 42.3 Å². The number of piperidine rings is 1. The van der Waals surface area contributed by atoms with Gasteiger partial charge in [0.1, 0.15) is 17.7 Å². The number of amides is 2. The minimum Gasteiger partial charge on any atom is -0.371 e. The lowest BCUT2D eigenvalue weighted by Crippen LogP contribution is -2.50. The second-order valence-electron chi connectivity index (χ2n) is 8.76. The van der Waals surface area contributed by atoms with Crippen molar-refractivity contribution in [1.82, 2.24) is 37.1 Å². The van der Waals surface area contributed by atoms with E-state index in [9.17, 15) is 14.0 Å². The predicted molar refractivity (Wildman–Crippen MR) is 122 cm³/mol. The summed E-state index contributed by atoms with van der Waals surface area (Å²) in [7, 11) is 0. The van der Waals surface area contributed by atoms with Crippen LogP contribution in [0, 0.1) is 11.7 Å². The van der Waals surface area contributed by atoms with Gasteiger partial charge >= 0.3 is 0 Å². The number of aromatic nitrogens is 2. The van der Waals surface area contributed by atoms with Crippen LogP contribution < -0.4 is 32.0 Å². The van der Waals surface area contributed by atoms with Gasteiger partial charge in [0.15, 0.2) is 5.84 Å². The van der Waals surface area contributed by atoms with Gasteiger partial charge in [-0.3, -0.25) is 15.0 Å². The van der Waals surface area contributed by atoms with E-state index in [2.05, 4.69) is 47.1 Å². The van der Waals surface area contributed by atoms with E-state index in [-0.39, 0.29) is 17.6 Å². The number of rotatable bonds is 7. The van der Waals surface area contributed by atoms with Crippen molar-refractivity contribution in [1.29, 1.82) is 0 Å². The zero-order chi connectivity index (χ0) is 23.5. The fourth-order valence-corrected chi connectivity index (χ4v) is 4.35. The van der Waals surface area contributed by atoms with Crippen LogP contribution in [0.3, 0.4) is 0 Å². The number of hydrazine groups is 2. The van der Waals surface area contributed by atoms with Crippen molar-refractivity contribution >= 4 is 23.3 Å². The number of benzene rings is 1. The fraction of sp³-hybridized carbons (Fsp3) is 0.409. The van der Waals surface area contributed by atoms with E-state index in [1.165, 1.54) is 24.8 Å². The number of anilines is 1. The predicted octanol–water partition coefficient (Wildman–Crippen LogP) is 0.185. The molecule has 1 aromatic carbocycles.